The quantitative estimate of drug-likeness (QED) is 0.329. The topological polar surface area (TPSA) is 64.0 Å². The molecule has 0 spiro atoms. The third-order valence-electron chi connectivity index (χ3n) is 5.48. The first-order valence-electron chi connectivity index (χ1n) is 10.6. The number of aryl methyl sites for hydroxylation is 2. The van der Waals surface area contributed by atoms with Gasteiger partial charge in [0, 0.05) is 20.6 Å². The predicted octanol–water partition coefficient (Wildman–Crippen LogP) is 6.35. The number of benzene rings is 2. The highest BCUT2D eigenvalue weighted by molar-refractivity contribution is 9.10. The molecule has 0 radical (unpaired) electrons. The van der Waals surface area contributed by atoms with Crippen LogP contribution in [0, 0.1) is 6.92 Å². The van der Waals surface area contributed by atoms with E-state index in [0.29, 0.717) is 16.6 Å². The highest BCUT2D eigenvalue weighted by Crippen LogP contribution is 2.37. The van der Waals surface area contributed by atoms with Gasteiger partial charge in [0.15, 0.2) is 0 Å². The molecular formula is C25H24BrN3O2S. The zero-order valence-electron chi connectivity index (χ0n) is 18.2. The number of nitrogens with one attached hydrogen (secondary N) is 1. The third-order valence-corrected chi connectivity index (χ3v) is 7.25. The van der Waals surface area contributed by atoms with Gasteiger partial charge in [-0.2, -0.15) is 0 Å². The van der Waals surface area contributed by atoms with Crippen molar-refractivity contribution in [2.24, 2.45) is 0 Å². The summed E-state index contributed by atoms with van der Waals surface area (Å²) in [5, 5.41) is 3.53. The Morgan fingerprint density at radius 2 is 1.94 bits per heavy atom. The molecule has 1 amide bonds. The minimum atomic E-state index is -0.650. The zero-order chi connectivity index (χ0) is 22.8. The Kier molecular flexibility index (Phi) is 6.58. The number of thiophene rings is 1. The van der Waals surface area contributed by atoms with Crippen molar-refractivity contribution in [1.82, 2.24) is 9.55 Å². The molecule has 1 N–H and O–H groups in total. The molecule has 164 valence electrons. The summed E-state index contributed by atoms with van der Waals surface area (Å²) < 4.78 is 2.45. The maximum atomic E-state index is 13.7. The zero-order valence-corrected chi connectivity index (χ0v) is 20.6. The van der Waals surface area contributed by atoms with Gasteiger partial charge >= 0.3 is 0 Å². The first-order chi connectivity index (χ1) is 15.4. The number of nitrogens with zero attached hydrogens (tertiary/aromatic N) is 2. The Morgan fingerprint density at radius 1 is 1.19 bits per heavy atom. The molecule has 0 aliphatic carbocycles. The summed E-state index contributed by atoms with van der Waals surface area (Å²) in [5.74, 6) is -0.225. The van der Waals surface area contributed by atoms with Crippen LogP contribution in [0.5, 0.6) is 0 Å². The average Bonchev–Trinajstić information content (AvgIpc) is 3.16. The van der Waals surface area contributed by atoms with E-state index in [2.05, 4.69) is 33.2 Å². The van der Waals surface area contributed by atoms with Gasteiger partial charge in [-0.1, -0.05) is 54.0 Å². The van der Waals surface area contributed by atoms with Gasteiger partial charge in [0.05, 0.1) is 11.7 Å². The number of aromatic nitrogens is 2. The third kappa shape index (κ3) is 4.27. The van der Waals surface area contributed by atoms with E-state index in [1.165, 1.54) is 10.9 Å². The number of carbonyl (C=O) groups is 1. The van der Waals surface area contributed by atoms with Crippen LogP contribution in [0.3, 0.4) is 0 Å². The smallest absolute Gasteiger partial charge is 0.263 e. The Morgan fingerprint density at radius 3 is 2.59 bits per heavy atom. The van der Waals surface area contributed by atoms with Crippen LogP contribution < -0.4 is 10.9 Å². The van der Waals surface area contributed by atoms with Gasteiger partial charge in [0.1, 0.15) is 10.9 Å². The van der Waals surface area contributed by atoms with Crippen LogP contribution in [0.15, 0.2) is 64.1 Å². The number of halogens is 1. The molecule has 2 aromatic heterocycles. The van der Waals surface area contributed by atoms with Gasteiger partial charge in [0.2, 0.25) is 5.91 Å². The SMILES string of the molecule is CCc1sc2ncn(C(CC)C(=O)Nc3cccc(C)c3)c(=O)c2c1-c1ccc(Br)cc1. The Labute approximate surface area is 199 Å². The first kappa shape index (κ1) is 22.4. The maximum absolute atomic E-state index is 13.7. The second-order valence-electron chi connectivity index (χ2n) is 7.68. The van der Waals surface area contributed by atoms with Crippen molar-refractivity contribution in [3.8, 4) is 11.1 Å². The molecule has 0 aliphatic rings. The van der Waals surface area contributed by atoms with Gasteiger partial charge in [-0.05, 0) is 55.2 Å². The number of fused-ring (bicyclic) bond motifs is 1. The van der Waals surface area contributed by atoms with Crippen molar-refractivity contribution in [2.75, 3.05) is 5.32 Å². The van der Waals surface area contributed by atoms with Gasteiger partial charge in [-0.3, -0.25) is 14.2 Å². The predicted molar refractivity (Wildman–Crippen MR) is 136 cm³/mol. The van der Waals surface area contributed by atoms with Crippen molar-refractivity contribution >= 4 is 49.1 Å². The molecule has 32 heavy (non-hydrogen) atoms. The van der Waals surface area contributed by atoms with E-state index in [-0.39, 0.29) is 11.5 Å². The highest BCUT2D eigenvalue weighted by atomic mass is 79.9. The van der Waals surface area contributed by atoms with Gasteiger partial charge in [0.25, 0.3) is 5.56 Å². The summed E-state index contributed by atoms with van der Waals surface area (Å²) in [4.78, 5) is 33.2. The molecule has 0 fully saturated rings. The lowest BCUT2D eigenvalue weighted by atomic mass is 10.0. The van der Waals surface area contributed by atoms with Crippen molar-refractivity contribution in [1.29, 1.82) is 0 Å². The van der Waals surface area contributed by atoms with Crippen molar-refractivity contribution in [3.05, 3.63) is 80.1 Å². The van der Waals surface area contributed by atoms with Gasteiger partial charge in [-0.25, -0.2) is 4.98 Å². The minimum absolute atomic E-state index is 0.185. The van der Waals surface area contributed by atoms with Crippen LogP contribution in [0.1, 0.15) is 36.8 Å². The second-order valence-corrected chi connectivity index (χ2v) is 9.68. The number of hydrogen-bond donors (Lipinski definition) is 1. The first-order valence-corrected chi connectivity index (χ1v) is 12.2. The van der Waals surface area contributed by atoms with Crippen LogP contribution in [0.25, 0.3) is 21.3 Å². The second kappa shape index (κ2) is 9.38. The van der Waals surface area contributed by atoms with E-state index in [4.69, 9.17) is 0 Å². The normalized spacial score (nSPS) is 12.1. The molecule has 5 nitrogen and oxygen atoms in total. The van der Waals surface area contributed by atoms with Crippen LogP contribution in [0.4, 0.5) is 5.69 Å². The lowest BCUT2D eigenvalue weighted by Gasteiger charge is -2.18. The van der Waals surface area contributed by atoms with Crippen LogP contribution in [-0.4, -0.2) is 15.5 Å². The Hall–Kier alpha value is -2.77. The molecule has 0 aliphatic heterocycles. The summed E-state index contributed by atoms with van der Waals surface area (Å²) in [6.07, 6.45) is 2.79. The molecule has 4 rings (SSSR count). The Balaban J connectivity index is 1.81. The molecule has 1 unspecified atom stereocenters. The van der Waals surface area contributed by atoms with Crippen LogP contribution >= 0.6 is 27.3 Å². The van der Waals surface area contributed by atoms with E-state index in [1.807, 2.05) is 62.4 Å². The molecule has 7 heteroatoms. The van der Waals surface area contributed by atoms with E-state index in [9.17, 15) is 9.59 Å². The lowest BCUT2D eigenvalue weighted by Crippen LogP contribution is -2.33. The molecule has 0 bridgehead atoms. The monoisotopic (exact) mass is 509 g/mol. The number of amides is 1. The minimum Gasteiger partial charge on any atom is -0.324 e. The van der Waals surface area contributed by atoms with Gasteiger partial charge in [-0.15, -0.1) is 11.3 Å². The average molecular weight is 510 g/mol. The number of rotatable bonds is 6. The lowest BCUT2D eigenvalue weighted by molar-refractivity contribution is -0.119. The molecule has 2 heterocycles. The molecule has 4 aromatic rings. The maximum Gasteiger partial charge on any atom is 0.263 e. The fourth-order valence-electron chi connectivity index (χ4n) is 3.90. The highest BCUT2D eigenvalue weighted by Gasteiger charge is 2.24. The molecule has 0 saturated heterocycles. The van der Waals surface area contributed by atoms with Crippen molar-refractivity contribution in [2.45, 2.75) is 39.7 Å². The summed E-state index contributed by atoms with van der Waals surface area (Å²) in [6, 6.07) is 14.9. The standard InChI is InChI=1S/C25H24BrN3O2S/c1-4-19(23(30)28-18-8-6-7-15(3)13-18)29-14-27-24-22(25(29)31)21(20(5-2)32-24)16-9-11-17(26)12-10-16/h6-14,19H,4-5H2,1-3H3,(H,28,30). The number of carbonyl (C=O) groups excluding carboxylic acids is 1. The fourth-order valence-corrected chi connectivity index (χ4v) is 5.26. The molecule has 1 atom stereocenters. The van der Waals surface area contributed by atoms with E-state index in [0.717, 1.165) is 38.1 Å². The summed E-state index contributed by atoms with van der Waals surface area (Å²) >= 11 is 5.02. The van der Waals surface area contributed by atoms with Crippen molar-refractivity contribution in [3.63, 3.8) is 0 Å². The summed E-state index contributed by atoms with van der Waals surface area (Å²) in [5.41, 5.74) is 3.48. The van der Waals surface area contributed by atoms with E-state index < -0.39 is 6.04 Å². The summed E-state index contributed by atoms with van der Waals surface area (Å²) in [6.45, 7) is 5.95. The largest absolute Gasteiger partial charge is 0.324 e. The number of anilines is 1. The van der Waals surface area contributed by atoms with Crippen molar-refractivity contribution < 1.29 is 4.79 Å². The van der Waals surface area contributed by atoms with Gasteiger partial charge < -0.3 is 5.32 Å². The molecule has 0 saturated carbocycles. The summed E-state index contributed by atoms with van der Waals surface area (Å²) in [7, 11) is 0. The fraction of sp³-hybridized carbons (Fsp3) is 0.240. The van der Waals surface area contributed by atoms with E-state index >= 15 is 0 Å². The molecular weight excluding hydrogens is 486 g/mol. The Bertz CT molecular complexity index is 1340. The molecule has 2 aromatic carbocycles. The number of hydrogen-bond acceptors (Lipinski definition) is 4. The van der Waals surface area contributed by atoms with E-state index in [1.54, 1.807) is 11.3 Å². The van der Waals surface area contributed by atoms with Crippen LogP contribution in [-0.2, 0) is 11.2 Å². The van der Waals surface area contributed by atoms with Crippen LogP contribution in [0.2, 0.25) is 0 Å².